The van der Waals surface area contributed by atoms with Crippen LogP contribution in [-0.2, 0) is 6.54 Å². The topological polar surface area (TPSA) is 46.8 Å². The van der Waals surface area contributed by atoms with Crippen LogP contribution in [0.25, 0.3) is 11.2 Å². The molecule has 0 bridgehead atoms. The summed E-state index contributed by atoms with van der Waals surface area (Å²) in [4.78, 5) is 15.7. The lowest BCUT2D eigenvalue weighted by Crippen LogP contribution is -2.12. The molecule has 0 N–H and O–H groups in total. The molecule has 0 saturated carbocycles. The van der Waals surface area contributed by atoms with E-state index in [2.05, 4.69) is 50.7 Å². The SMILES string of the molecule is CSc1nc(N(C)C)c2ncn(Cc3ccc(C)cc3)c2n1. The monoisotopic (exact) mass is 313 g/mol. The molecule has 3 rings (SSSR count). The van der Waals surface area contributed by atoms with Crippen LogP contribution in [0.5, 0.6) is 0 Å². The summed E-state index contributed by atoms with van der Waals surface area (Å²) in [6.07, 6.45) is 3.83. The van der Waals surface area contributed by atoms with Crippen LogP contribution >= 0.6 is 11.8 Å². The van der Waals surface area contributed by atoms with Gasteiger partial charge in [0.05, 0.1) is 12.9 Å². The number of rotatable bonds is 4. The summed E-state index contributed by atoms with van der Waals surface area (Å²) in [6, 6.07) is 8.54. The molecule has 0 amide bonds. The molecule has 114 valence electrons. The van der Waals surface area contributed by atoms with Crippen LogP contribution in [0.4, 0.5) is 5.82 Å². The van der Waals surface area contributed by atoms with E-state index < -0.39 is 0 Å². The summed E-state index contributed by atoms with van der Waals surface area (Å²) >= 11 is 1.55. The fourth-order valence-corrected chi connectivity index (χ4v) is 2.67. The number of benzene rings is 1. The smallest absolute Gasteiger partial charge is 0.191 e. The highest BCUT2D eigenvalue weighted by molar-refractivity contribution is 7.98. The Labute approximate surface area is 134 Å². The van der Waals surface area contributed by atoms with Crippen LogP contribution in [0.15, 0.2) is 35.7 Å². The Hall–Kier alpha value is -2.08. The van der Waals surface area contributed by atoms with E-state index in [0.717, 1.165) is 28.7 Å². The van der Waals surface area contributed by atoms with Gasteiger partial charge in [0.1, 0.15) is 0 Å². The Balaban J connectivity index is 2.07. The molecular formula is C16H19N5S. The molecule has 0 fully saturated rings. The molecular weight excluding hydrogens is 294 g/mol. The Morgan fingerprint density at radius 1 is 1.14 bits per heavy atom. The summed E-state index contributed by atoms with van der Waals surface area (Å²) in [5.74, 6) is 0.858. The number of thioether (sulfide) groups is 1. The number of aryl methyl sites for hydroxylation is 1. The van der Waals surface area contributed by atoms with Crippen LogP contribution in [-0.4, -0.2) is 39.9 Å². The standard InChI is InChI=1S/C16H19N5S/c1-11-5-7-12(8-6-11)9-21-10-17-13-14(20(2)3)18-16(22-4)19-15(13)21/h5-8,10H,9H2,1-4H3. The van der Waals surface area contributed by atoms with Gasteiger partial charge in [-0.1, -0.05) is 41.6 Å². The molecule has 2 aromatic heterocycles. The lowest BCUT2D eigenvalue weighted by molar-refractivity contribution is 0.803. The second-order valence-corrected chi connectivity index (χ2v) is 6.23. The van der Waals surface area contributed by atoms with Crippen LogP contribution in [0.3, 0.4) is 0 Å². The third kappa shape index (κ3) is 2.78. The molecule has 0 saturated heterocycles. The van der Waals surface area contributed by atoms with Crippen LogP contribution < -0.4 is 4.90 Å². The molecule has 0 atom stereocenters. The van der Waals surface area contributed by atoms with Crippen molar-refractivity contribution in [1.82, 2.24) is 19.5 Å². The second kappa shape index (κ2) is 5.96. The van der Waals surface area contributed by atoms with Gasteiger partial charge in [-0.05, 0) is 18.7 Å². The highest BCUT2D eigenvalue weighted by Crippen LogP contribution is 2.24. The number of hydrogen-bond donors (Lipinski definition) is 0. The van der Waals surface area contributed by atoms with Gasteiger partial charge in [0.15, 0.2) is 22.1 Å². The van der Waals surface area contributed by atoms with Gasteiger partial charge in [0.25, 0.3) is 0 Å². The molecule has 5 nitrogen and oxygen atoms in total. The second-order valence-electron chi connectivity index (χ2n) is 5.46. The first-order valence-corrected chi connectivity index (χ1v) is 8.30. The van der Waals surface area contributed by atoms with Gasteiger partial charge in [0.2, 0.25) is 0 Å². The van der Waals surface area contributed by atoms with E-state index in [-0.39, 0.29) is 0 Å². The van der Waals surface area contributed by atoms with Gasteiger partial charge in [0, 0.05) is 14.1 Å². The van der Waals surface area contributed by atoms with E-state index in [4.69, 9.17) is 0 Å². The van der Waals surface area contributed by atoms with Gasteiger partial charge in [-0.2, -0.15) is 0 Å². The first-order chi connectivity index (χ1) is 10.6. The van der Waals surface area contributed by atoms with Crippen molar-refractivity contribution in [3.05, 3.63) is 41.7 Å². The third-order valence-corrected chi connectivity index (χ3v) is 4.05. The fraction of sp³-hybridized carbons (Fsp3) is 0.312. The van der Waals surface area contributed by atoms with Gasteiger partial charge in [-0.15, -0.1) is 0 Å². The van der Waals surface area contributed by atoms with E-state index >= 15 is 0 Å². The number of hydrogen-bond acceptors (Lipinski definition) is 5. The normalized spacial score (nSPS) is 11.1. The summed E-state index contributed by atoms with van der Waals surface area (Å²) in [7, 11) is 3.95. The summed E-state index contributed by atoms with van der Waals surface area (Å²) in [5.41, 5.74) is 4.22. The number of aromatic nitrogens is 4. The van der Waals surface area contributed by atoms with Crippen LogP contribution in [0.2, 0.25) is 0 Å². The summed E-state index contributed by atoms with van der Waals surface area (Å²) in [5, 5.41) is 0.766. The molecule has 2 heterocycles. The number of nitrogens with zero attached hydrogens (tertiary/aromatic N) is 5. The van der Waals surface area contributed by atoms with Gasteiger partial charge < -0.3 is 9.47 Å². The predicted octanol–water partition coefficient (Wildman–Crippen LogP) is 2.97. The third-order valence-electron chi connectivity index (χ3n) is 3.50. The first kappa shape index (κ1) is 14.8. The molecule has 3 aromatic rings. The molecule has 6 heteroatoms. The average molecular weight is 313 g/mol. The molecule has 0 aliphatic heterocycles. The first-order valence-electron chi connectivity index (χ1n) is 7.08. The van der Waals surface area contributed by atoms with Crippen LogP contribution in [0, 0.1) is 6.92 Å². The van der Waals surface area contributed by atoms with Crippen molar-refractivity contribution in [3.8, 4) is 0 Å². The maximum absolute atomic E-state index is 4.64. The van der Waals surface area contributed by atoms with Crippen LogP contribution in [0.1, 0.15) is 11.1 Å². The van der Waals surface area contributed by atoms with Gasteiger partial charge in [-0.3, -0.25) is 0 Å². The maximum atomic E-state index is 4.64. The molecule has 0 radical (unpaired) electrons. The quantitative estimate of drug-likeness (QED) is 0.547. The zero-order valence-electron chi connectivity index (χ0n) is 13.2. The lowest BCUT2D eigenvalue weighted by atomic mass is 10.1. The minimum absolute atomic E-state index is 0.758. The highest BCUT2D eigenvalue weighted by atomic mass is 32.2. The van der Waals surface area contributed by atoms with E-state index in [1.165, 1.54) is 11.1 Å². The molecule has 22 heavy (non-hydrogen) atoms. The number of anilines is 1. The van der Waals surface area contributed by atoms with Crippen molar-refractivity contribution >= 4 is 28.7 Å². The largest absolute Gasteiger partial charge is 0.361 e. The molecule has 0 unspecified atom stereocenters. The van der Waals surface area contributed by atoms with Crippen molar-refractivity contribution < 1.29 is 0 Å². The Bertz CT molecular complexity index is 792. The van der Waals surface area contributed by atoms with Crippen molar-refractivity contribution in [3.63, 3.8) is 0 Å². The summed E-state index contributed by atoms with van der Waals surface area (Å²) < 4.78 is 2.08. The number of imidazole rings is 1. The maximum Gasteiger partial charge on any atom is 0.191 e. The molecule has 1 aromatic carbocycles. The molecule has 0 spiro atoms. The average Bonchev–Trinajstić information content (AvgIpc) is 2.91. The van der Waals surface area contributed by atoms with E-state index in [1.54, 1.807) is 11.8 Å². The van der Waals surface area contributed by atoms with Gasteiger partial charge in [-0.25, -0.2) is 15.0 Å². The summed E-state index contributed by atoms with van der Waals surface area (Å²) in [6.45, 7) is 2.85. The predicted molar refractivity (Wildman–Crippen MR) is 91.7 cm³/mol. The Kier molecular flexibility index (Phi) is 4.02. The van der Waals surface area contributed by atoms with Crippen molar-refractivity contribution in [2.24, 2.45) is 0 Å². The fourth-order valence-electron chi connectivity index (χ4n) is 2.32. The van der Waals surface area contributed by atoms with E-state index in [0.29, 0.717) is 0 Å². The van der Waals surface area contributed by atoms with Crippen molar-refractivity contribution in [1.29, 1.82) is 0 Å². The minimum Gasteiger partial charge on any atom is -0.361 e. The molecule has 0 aliphatic carbocycles. The highest BCUT2D eigenvalue weighted by Gasteiger charge is 2.14. The Morgan fingerprint density at radius 3 is 2.50 bits per heavy atom. The zero-order chi connectivity index (χ0) is 15.7. The van der Waals surface area contributed by atoms with Gasteiger partial charge >= 0.3 is 0 Å². The molecule has 0 aliphatic rings. The van der Waals surface area contributed by atoms with E-state index in [1.807, 2.05) is 31.6 Å². The van der Waals surface area contributed by atoms with Crippen molar-refractivity contribution in [2.45, 2.75) is 18.6 Å². The zero-order valence-corrected chi connectivity index (χ0v) is 14.1. The number of fused-ring (bicyclic) bond motifs is 1. The Morgan fingerprint density at radius 2 is 1.86 bits per heavy atom. The van der Waals surface area contributed by atoms with E-state index in [9.17, 15) is 0 Å². The van der Waals surface area contributed by atoms with Crippen molar-refractivity contribution in [2.75, 3.05) is 25.3 Å². The minimum atomic E-state index is 0.758. The lowest BCUT2D eigenvalue weighted by Gasteiger charge is -2.13.